The van der Waals surface area contributed by atoms with Gasteiger partial charge in [-0.15, -0.1) is 11.3 Å². The number of H-pyrrole nitrogens is 1. The number of thiophene rings is 1. The molecule has 152 valence electrons. The van der Waals surface area contributed by atoms with E-state index in [1.54, 1.807) is 5.38 Å². The van der Waals surface area contributed by atoms with Gasteiger partial charge in [0.2, 0.25) is 0 Å². The molecule has 0 aliphatic carbocycles. The molecule has 0 amide bonds. The van der Waals surface area contributed by atoms with Crippen molar-refractivity contribution in [2.45, 2.75) is 20.8 Å². The summed E-state index contributed by atoms with van der Waals surface area (Å²) in [5, 5.41) is 12.1. The van der Waals surface area contributed by atoms with Crippen LogP contribution in [0.25, 0.3) is 22.0 Å². The number of carbonyl (C=O) groups is 1. The van der Waals surface area contributed by atoms with E-state index in [-0.39, 0.29) is 11.7 Å². The normalized spacial score (nSPS) is 11.1. The van der Waals surface area contributed by atoms with Gasteiger partial charge in [-0.3, -0.25) is 9.89 Å². The quantitative estimate of drug-likeness (QED) is 0.377. The van der Waals surface area contributed by atoms with Gasteiger partial charge in [0.1, 0.15) is 5.82 Å². The average molecular weight is 419 g/mol. The molecule has 3 aromatic heterocycles. The van der Waals surface area contributed by atoms with Gasteiger partial charge >= 0.3 is 0 Å². The summed E-state index contributed by atoms with van der Waals surface area (Å²) >= 11 is 1.38. The first-order valence-electron chi connectivity index (χ1n) is 9.57. The number of anilines is 3. The number of ketones is 1. The fourth-order valence-electron chi connectivity index (χ4n) is 3.02. The smallest absolute Gasteiger partial charge is 0.174 e. The molecule has 8 heteroatoms. The van der Waals surface area contributed by atoms with Crippen LogP contribution in [0.5, 0.6) is 0 Å². The van der Waals surface area contributed by atoms with E-state index in [0.717, 1.165) is 17.0 Å². The van der Waals surface area contributed by atoms with Crippen molar-refractivity contribution < 1.29 is 4.79 Å². The maximum absolute atomic E-state index is 12.5. The molecule has 0 bridgehead atoms. The lowest BCUT2D eigenvalue weighted by Crippen LogP contribution is -2.09. The van der Waals surface area contributed by atoms with Gasteiger partial charge in [-0.2, -0.15) is 5.10 Å². The Balaban J connectivity index is 1.81. The number of rotatable bonds is 6. The highest BCUT2D eigenvalue weighted by Crippen LogP contribution is 2.36. The molecule has 4 aromatic rings. The highest BCUT2D eigenvalue weighted by Gasteiger charge is 2.21. The Kier molecular flexibility index (Phi) is 5.33. The van der Waals surface area contributed by atoms with E-state index in [4.69, 9.17) is 10.7 Å². The number of benzene rings is 1. The number of carbonyl (C=O) groups excluding carboxylic acids is 1. The minimum Gasteiger partial charge on any atom is -0.397 e. The Labute approximate surface area is 178 Å². The van der Waals surface area contributed by atoms with Gasteiger partial charge in [0.15, 0.2) is 17.4 Å². The van der Waals surface area contributed by atoms with E-state index in [2.05, 4.69) is 20.5 Å². The van der Waals surface area contributed by atoms with E-state index in [1.165, 1.54) is 11.3 Å². The van der Waals surface area contributed by atoms with Gasteiger partial charge in [0.05, 0.1) is 21.8 Å². The van der Waals surface area contributed by atoms with Crippen molar-refractivity contribution in [1.29, 1.82) is 0 Å². The van der Waals surface area contributed by atoms with Crippen LogP contribution in [0.15, 0.2) is 47.8 Å². The Hall–Kier alpha value is -3.52. The van der Waals surface area contributed by atoms with Crippen LogP contribution in [-0.4, -0.2) is 25.9 Å². The van der Waals surface area contributed by atoms with E-state index < -0.39 is 0 Å². The molecule has 4 rings (SSSR count). The number of aryl methyl sites for hydroxylation is 1. The number of nitrogens with zero attached hydrogens (tertiary/aromatic N) is 3. The molecule has 0 saturated carbocycles. The van der Waals surface area contributed by atoms with Crippen molar-refractivity contribution >= 4 is 34.4 Å². The molecule has 30 heavy (non-hydrogen) atoms. The molecule has 7 nitrogen and oxygen atoms in total. The minimum absolute atomic E-state index is 0.0135. The summed E-state index contributed by atoms with van der Waals surface area (Å²) in [5.74, 6) is 1.60. The third kappa shape index (κ3) is 3.95. The lowest BCUT2D eigenvalue weighted by atomic mass is 10.0. The van der Waals surface area contributed by atoms with Crippen molar-refractivity contribution in [2.75, 3.05) is 11.1 Å². The Bertz CT molecular complexity index is 1200. The zero-order valence-electron chi connectivity index (χ0n) is 16.9. The SMILES string of the molecule is Cc1cc(Nc2cc(-c3ccccc3)nc(-c3scc(C(=O)C(C)C)c3N)n2)n[nH]1. The largest absolute Gasteiger partial charge is 0.397 e. The van der Waals surface area contributed by atoms with Gasteiger partial charge in [0.25, 0.3) is 0 Å². The van der Waals surface area contributed by atoms with Gasteiger partial charge in [-0.1, -0.05) is 44.2 Å². The first kappa shape index (κ1) is 19.8. The second-order valence-electron chi connectivity index (χ2n) is 7.30. The fourth-order valence-corrected chi connectivity index (χ4v) is 3.94. The topological polar surface area (TPSA) is 110 Å². The molecule has 1 aromatic carbocycles. The number of aromatic amines is 1. The number of nitrogens with two attached hydrogens (primary N) is 1. The number of hydrogen-bond donors (Lipinski definition) is 3. The fraction of sp³-hybridized carbons (Fsp3) is 0.182. The number of nitrogen functional groups attached to an aromatic ring is 1. The number of hydrogen-bond acceptors (Lipinski definition) is 7. The molecule has 0 spiro atoms. The third-order valence-electron chi connectivity index (χ3n) is 4.58. The van der Waals surface area contributed by atoms with Crippen LogP contribution in [0.4, 0.5) is 17.3 Å². The minimum atomic E-state index is -0.133. The predicted molar refractivity (Wildman–Crippen MR) is 121 cm³/mol. The highest BCUT2D eigenvalue weighted by atomic mass is 32.1. The summed E-state index contributed by atoms with van der Waals surface area (Å²) in [6.07, 6.45) is 0. The zero-order chi connectivity index (χ0) is 21.3. The summed E-state index contributed by atoms with van der Waals surface area (Å²) in [7, 11) is 0. The molecular weight excluding hydrogens is 396 g/mol. The summed E-state index contributed by atoms with van der Waals surface area (Å²) < 4.78 is 0. The maximum atomic E-state index is 12.5. The van der Waals surface area contributed by atoms with Crippen LogP contribution in [-0.2, 0) is 0 Å². The Morgan fingerprint density at radius 3 is 2.57 bits per heavy atom. The van der Waals surface area contributed by atoms with Gasteiger partial charge in [-0.05, 0) is 6.92 Å². The van der Waals surface area contributed by atoms with Crippen molar-refractivity contribution in [3.05, 3.63) is 59.1 Å². The van der Waals surface area contributed by atoms with Gasteiger partial charge < -0.3 is 11.1 Å². The molecule has 0 fully saturated rings. The predicted octanol–water partition coefficient (Wildman–Crippen LogP) is 5.07. The van der Waals surface area contributed by atoms with E-state index in [9.17, 15) is 4.79 Å². The Morgan fingerprint density at radius 2 is 1.90 bits per heavy atom. The van der Waals surface area contributed by atoms with E-state index in [1.807, 2.05) is 63.2 Å². The monoisotopic (exact) mass is 418 g/mol. The lowest BCUT2D eigenvalue weighted by molar-refractivity contribution is 0.0941. The summed E-state index contributed by atoms with van der Waals surface area (Å²) in [6.45, 7) is 5.65. The number of aromatic nitrogens is 4. The van der Waals surface area contributed by atoms with Crippen molar-refractivity contribution in [3.63, 3.8) is 0 Å². The molecular formula is C22H22N6OS. The molecule has 3 heterocycles. The second kappa shape index (κ2) is 8.08. The van der Waals surface area contributed by atoms with Crippen molar-refractivity contribution in [2.24, 2.45) is 5.92 Å². The summed E-state index contributed by atoms with van der Waals surface area (Å²) in [6, 6.07) is 13.6. The van der Waals surface area contributed by atoms with Crippen molar-refractivity contribution in [1.82, 2.24) is 20.2 Å². The first-order chi connectivity index (χ1) is 14.4. The summed E-state index contributed by atoms with van der Waals surface area (Å²) in [5.41, 5.74) is 9.93. The van der Waals surface area contributed by atoms with Crippen LogP contribution in [0.1, 0.15) is 29.9 Å². The average Bonchev–Trinajstić information content (AvgIpc) is 3.33. The lowest BCUT2D eigenvalue weighted by Gasteiger charge is -2.09. The number of Topliss-reactive ketones (excluding diaryl/α,β-unsaturated/α-hetero) is 1. The molecule has 0 unspecified atom stereocenters. The third-order valence-corrected chi connectivity index (χ3v) is 5.57. The van der Waals surface area contributed by atoms with E-state index in [0.29, 0.717) is 33.6 Å². The zero-order valence-corrected chi connectivity index (χ0v) is 17.7. The molecule has 0 atom stereocenters. The molecule has 4 N–H and O–H groups in total. The van der Waals surface area contributed by atoms with Gasteiger partial charge in [0, 0.05) is 34.7 Å². The second-order valence-corrected chi connectivity index (χ2v) is 8.18. The van der Waals surface area contributed by atoms with Crippen LogP contribution < -0.4 is 11.1 Å². The molecule has 0 aliphatic heterocycles. The summed E-state index contributed by atoms with van der Waals surface area (Å²) in [4.78, 5) is 22.5. The highest BCUT2D eigenvalue weighted by molar-refractivity contribution is 7.14. The molecule has 0 radical (unpaired) electrons. The first-order valence-corrected chi connectivity index (χ1v) is 10.5. The van der Waals surface area contributed by atoms with Crippen LogP contribution >= 0.6 is 11.3 Å². The maximum Gasteiger partial charge on any atom is 0.174 e. The van der Waals surface area contributed by atoms with Crippen LogP contribution in [0, 0.1) is 12.8 Å². The van der Waals surface area contributed by atoms with Gasteiger partial charge in [-0.25, -0.2) is 9.97 Å². The van der Waals surface area contributed by atoms with E-state index >= 15 is 0 Å². The Morgan fingerprint density at radius 1 is 1.13 bits per heavy atom. The van der Waals surface area contributed by atoms with Crippen molar-refractivity contribution in [3.8, 4) is 22.0 Å². The molecule has 0 aliphatic rings. The van der Waals surface area contributed by atoms with Crippen LogP contribution in [0.2, 0.25) is 0 Å². The number of nitrogens with one attached hydrogen (secondary N) is 2. The molecule has 0 saturated heterocycles. The standard InChI is InChI=1S/C22H22N6OS/c1-12(2)20(29)15-11-30-21(19(15)23)22-24-16(14-7-5-4-6-8-14)10-17(26-22)25-18-9-13(3)27-28-18/h4-12H,23H2,1-3H3,(H2,24,25,26,27,28). The van der Waals surface area contributed by atoms with Crippen LogP contribution in [0.3, 0.4) is 0 Å².